The highest BCUT2D eigenvalue weighted by Gasteiger charge is 2.45. The van der Waals surface area contributed by atoms with Crippen LogP contribution in [0.4, 0.5) is 0 Å². The quantitative estimate of drug-likeness (QED) is 0.595. The van der Waals surface area contributed by atoms with Crippen LogP contribution in [-0.2, 0) is 11.2 Å². The minimum atomic E-state index is -0.870. The molecule has 1 N–H and O–H groups in total. The third kappa shape index (κ3) is 4.84. The van der Waals surface area contributed by atoms with Gasteiger partial charge in [0.1, 0.15) is 5.75 Å². The van der Waals surface area contributed by atoms with Crippen LogP contribution in [0.15, 0.2) is 48.5 Å². The fraction of sp³-hybridized carbons (Fsp3) is 0.435. The molecule has 2 unspecified atom stereocenters. The lowest BCUT2D eigenvalue weighted by atomic mass is 9.68. The van der Waals surface area contributed by atoms with Crippen LogP contribution in [0.2, 0.25) is 5.02 Å². The van der Waals surface area contributed by atoms with E-state index in [1.54, 1.807) is 6.92 Å². The molecule has 2 aromatic rings. The van der Waals surface area contributed by atoms with Gasteiger partial charge in [0.15, 0.2) is 0 Å². The molecule has 0 radical (unpaired) electrons. The number of carboxylic acid groups (broad SMARTS) is 1. The topological polar surface area (TPSA) is 46.5 Å². The molecule has 27 heavy (non-hydrogen) atoms. The van der Waals surface area contributed by atoms with Gasteiger partial charge in [0.2, 0.25) is 0 Å². The van der Waals surface area contributed by atoms with Gasteiger partial charge in [-0.1, -0.05) is 62.7 Å². The highest BCUT2D eigenvalue weighted by atomic mass is 35.5. The Morgan fingerprint density at radius 3 is 2.30 bits per heavy atom. The zero-order valence-electron chi connectivity index (χ0n) is 16.7. The monoisotopic (exact) mass is 388 g/mol. The average molecular weight is 389 g/mol. The van der Waals surface area contributed by atoms with E-state index in [0.717, 1.165) is 11.3 Å². The van der Waals surface area contributed by atoms with Crippen molar-refractivity contribution < 1.29 is 14.6 Å². The number of benzene rings is 2. The zero-order chi connectivity index (χ0) is 20.2. The van der Waals surface area contributed by atoms with Crippen LogP contribution in [0.3, 0.4) is 0 Å². The lowest BCUT2D eigenvalue weighted by Gasteiger charge is -2.38. The van der Waals surface area contributed by atoms with Crippen molar-refractivity contribution in [3.63, 3.8) is 0 Å². The molecule has 0 heterocycles. The summed E-state index contributed by atoms with van der Waals surface area (Å²) < 4.78 is 6.26. The predicted molar refractivity (Wildman–Crippen MR) is 111 cm³/mol. The minimum absolute atomic E-state index is 0.00921. The lowest BCUT2D eigenvalue weighted by Crippen LogP contribution is -2.45. The third-order valence-electron chi connectivity index (χ3n) is 5.88. The highest BCUT2D eigenvalue weighted by molar-refractivity contribution is 6.30. The van der Waals surface area contributed by atoms with Gasteiger partial charge in [0, 0.05) is 17.4 Å². The summed E-state index contributed by atoms with van der Waals surface area (Å²) in [5.41, 5.74) is 1.29. The minimum Gasteiger partial charge on any atom is -0.490 e. The number of halogens is 1. The Morgan fingerprint density at radius 2 is 1.74 bits per heavy atom. The van der Waals surface area contributed by atoms with Crippen molar-refractivity contribution in [1.82, 2.24) is 0 Å². The molecule has 0 aliphatic carbocycles. The Morgan fingerprint density at radius 1 is 1.11 bits per heavy atom. The largest absolute Gasteiger partial charge is 0.490 e. The summed E-state index contributed by atoms with van der Waals surface area (Å²) in [5.74, 6) is -0.222. The maximum absolute atomic E-state index is 11.9. The first kappa shape index (κ1) is 21.3. The standard InChI is InChI=1S/C23H29ClO3/c1-15(2)23(5,22(25)26)16(3)17(4)27-21-12-11-20(24)14-19(21)13-18-9-7-6-8-10-18/h6-12,14-17H,13H2,1-5H3,(H,25,26)/t16?,17?,23-/m0/s1. The molecule has 0 saturated carbocycles. The Labute approximate surface area is 167 Å². The number of rotatable bonds is 8. The molecule has 2 rings (SSSR count). The van der Waals surface area contributed by atoms with E-state index in [2.05, 4.69) is 12.1 Å². The summed E-state index contributed by atoms with van der Waals surface area (Å²) in [6.45, 7) is 9.58. The fourth-order valence-corrected chi connectivity index (χ4v) is 3.57. The van der Waals surface area contributed by atoms with Gasteiger partial charge in [-0.2, -0.15) is 0 Å². The number of hydrogen-bond acceptors (Lipinski definition) is 2. The maximum atomic E-state index is 11.9. The summed E-state index contributed by atoms with van der Waals surface area (Å²) in [4.78, 5) is 11.9. The first-order valence-corrected chi connectivity index (χ1v) is 9.76. The van der Waals surface area contributed by atoms with Crippen molar-refractivity contribution in [2.24, 2.45) is 17.3 Å². The Bertz CT molecular complexity index is 772. The number of carbonyl (C=O) groups is 1. The lowest BCUT2D eigenvalue weighted by molar-refractivity contribution is -0.157. The van der Waals surface area contributed by atoms with Crippen LogP contribution in [-0.4, -0.2) is 17.2 Å². The fourth-order valence-electron chi connectivity index (χ4n) is 3.37. The molecule has 4 heteroatoms. The molecule has 3 nitrogen and oxygen atoms in total. The second-order valence-corrected chi connectivity index (χ2v) is 8.21. The van der Waals surface area contributed by atoms with E-state index in [1.165, 1.54) is 5.56 Å². The zero-order valence-corrected chi connectivity index (χ0v) is 17.5. The second-order valence-electron chi connectivity index (χ2n) is 7.77. The molecule has 0 bridgehead atoms. The van der Waals surface area contributed by atoms with E-state index < -0.39 is 11.4 Å². The van der Waals surface area contributed by atoms with Crippen molar-refractivity contribution in [1.29, 1.82) is 0 Å². The van der Waals surface area contributed by atoms with Crippen molar-refractivity contribution in [2.75, 3.05) is 0 Å². The van der Waals surface area contributed by atoms with Crippen LogP contribution >= 0.6 is 11.6 Å². The molecule has 146 valence electrons. The number of carboxylic acids is 1. The van der Waals surface area contributed by atoms with Crippen LogP contribution in [0, 0.1) is 17.3 Å². The molecule has 0 amide bonds. The predicted octanol–water partition coefficient (Wildman–Crippen LogP) is 6.08. The summed E-state index contributed by atoms with van der Waals surface area (Å²) in [7, 11) is 0. The molecule has 2 aromatic carbocycles. The van der Waals surface area contributed by atoms with Gasteiger partial charge in [-0.3, -0.25) is 4.79 Å². The van der Waals surface area contributed by atoms with Crippen molar-refractivity contribution in [2.45, 2.75) is 47.1 Å². The van der Waals surface area contributed by atoms with Crippen LogP contribution < -0.4 is 4.74 Å². The normalized spacial score (nSPS) is 15.8. The van der Waals surface area contributed by atoms with Crippen LogP contribution in [0.25, 0.3) is 0 Å². The second kappa shape index (κ2) is 8.79. The van der Waals surface area contributed by atoms with Crippen molar-refractivity contribution in [3.8, 4) is 5.75 Å². The van der Waals surface area contributed by atoms with Gasteiger partial charge < -0.3 is 9.84 Å². The number of ether oxygens (including phenoxy) is 1. The SMILES string of the molecule is CC(Oc1ccc(Cl)cc1Cc1ccccc1)C(C)[C@@](C)(C(=O)O)C(C)C. The van der Waals surface area contributed by atoms with Gasteiger partial charge in [-0.05, 0) is 49.1 Å². The van der Waals surface area contributed by atoms with Gasteiger partial charge in [0.05, 0.1) is 11.5 Å². The highest BCUT2D eigenvalue weighted by Crippen LogP contribution is 2.39. The van der Waals surface area contributed by atoms with Gasteiger partial charge >= 0.3 is 5.97 Å². The molecule has 0 fully saturated rings. The summed E-state index contributed by atoms with van der Waals surface area (Å²) >= 11 is 6.20. The summed E-state index contributed by atoms with van der Waals surface area (Å²) in [6.07, 6.45) is 0.447. The Kier molecular flexibility index (Phi) is 6.94. The van der Waals surface area contributed by atoms with Gasteiger partial charge in [0.25, 0.3) is 0 Å². The molecule has 0 aliphatic rings. The summed E-state index contributed by atoms with van der Waals surface area (Å²) in [6, 6.07) is 15.7. The first-order chi connectivity index (χ1) is 12.7. The molecular weight excluding hydrogens is 360 g/mol. The van der Waals surface area contributed by atoms with Gasteiger partial charge in [-0.25, -0.2) is 0 Å². The average Bonchev–Trinajstić information content (AvgIpc) is 2.63. The summed E-state index contributed by atoms with van der Waals surface area (Å²) in [5, 5.41) is 10.5. The van der Waals surface area contributed by atoms with E-state index in [0.29, 0.717) is 11.4 Å². The molecule has 3 atom stereocenters. The van der Waals surface area contributed by atoms with Gasteiger partial charge in [-0.15, -0.1) is 0 Å². The van der Waals surface area contributed by atoms with Crippen LogP contribution in [0.5, 0.6) is 5.75 Å². The number of hydrogen-bond donors (Lipinski definition) is 1. The molecule has 0 spiro atoms. The van der Waals surface area contributed by atoms with E-state index in [1.807, 2.05) is 64.1 Å². The van der Waals surface area contributed by atoms with E-state index in [4.69, 9.17) is 16.3 Å². The van der Waals surface area contributed by atoms with Crippen LogP contribution in [0.1, 0.15) is 45.7 Å². The Balaban J connectivity index is 2.27. The van der Waals surface area contributed by atoms with Crippen molar-refractivity contribution >= 4 is 17.6 Å². The first-order valence-electron chi connectivity index (χ1n) is 9.38. The maximum Gasteiger partial charge on any atom is 0.310 e. The van der Waals surface area contributed by atoms with E-state index in [-0.39, 0.29) is 17.9 Å². The molecule has 0 saturated heterocycles. The van der Waals surface area contributed by atoms with Crippen molar-refractivity contribution in [3.05, 3.63) is 64.7 Å². The Hall–Kier alpha value is -2.00. The third-order valence-corrected chi connectivity index (χ3v) is 6.12. The number of aliphatic carboxylic acids is 1. The molecule has 0 aliphatic heterocycles. The van der Waals surface area contributed by atoms with E-state index in [9.17, 15) is 9.90 Å². The molecule has 0 aromatic heterocycles. The smallest absolute Gasteiger partial charge is 0.310 e. The van der Waals surface area contributed by atoms with E-state index >= 15 is 0 Å². The molecular formula is C23H29ClO3.